The zero-order chi connectivity index (χ0) is 22.8. The summed E-state index contributed by atoms with van der Waals surface area (Å²) in [6.07, 6.45) is 0. The Morgan fingerprint density at radius 3 is 2.50 bits per heavy atom. The molecule has 0 aliphatic rings. The van der Waals surface area contributed by atoms with Crippen LogP contribution in [-0.4, -0.2) is 66.0 Å². The van der Waals surface area contributed by atoms with Gasteiger partial charge in [0.25, 0.3) is 5.56 Å². The van der Waals surface area contributed by atoms with E-state index in [4.69, 9.17) is 9.72 Å². The summed E-state index contributed by atoms with van der Waals surface area (Å²) in [5.74, 6) is 1.09. The van der Waals surface area contributed by atoms with Crippen molar-refractivity contribution in [3.8, 4) is 28.4 Å². The summed E-state index contributed by atoms with van der Waals surface area (Å²) in [7, 11) is 9.57. The topological polar surface area (TPSA) is 79.3 Å². The van der Waals surface area contributed by atoms with Gasteiger partial charge in [-0.1, -0.05) is 30.3 Å². The number of aryl methyl sites for hydroxylation is 1. The maximum atomic E-state index is 13.1. The summed E-state index contributed by atoms with van der Waals surface area (Å²) in [4.78, 5) is 25.1. The quantitative estimate of drug-likeness (QED) is 0.484. The first-order chi connectivity index (χ1) is 15.4. The van der Waals surface area contributed by atoms with Gasteiger partial charge in [0.15, 0.2) is 5.65 Å². The highest BCUT2D eigenvalue weighted by molar-refractivity contribution is 5.91. The smallest absolute Gasteiger partial charge is 0.262 e. The minimum absolute atomic E-state index is 0.230. The lowest BCUT2D eigenvalue weighted by atomic mass is 10.1. The molecular weight excluding hydrogens is 404 g/mol. The van der Waals surface area contributed by atoms with Gasteiger partial charge in [-0.25, -0.2) is 9.67 Å². The Morgan fingerprint density at radius 2 is 1.81 bits per heavy atom. The van der Waals surface area contributed by atoms with Crippen molar-refractivity contribution in [3.63, 3.8) is 0 Å². The number of aromatic amines is 1. The van der Waals surface area contributed by atoms with E-state index in [0.29, 0.717) is 28.3 Å². The van der Waals surface area contributed by atoms with E-state index in [1.165, 1.54) is 0 Å². The number of nitrogens with zero attached hydrogens (tertiary/aromatic N) is 5. The first kappa shape index (κ1) is 21.6. The maximum absolute atomic E-state index is 13.1. The van der Waals surface area contributed by atoms with Gasteiger partial charge in [0.05, 0.1) is 12.7 Å². The van der Waals surface area contributed by atoms with E-state index >= 15 is 0 Å². The Bertz CT molecular complexity index is 1290. The van der Waals surface area contributed by atoms with Crippen molar-refractivity contribution in [1.29, 1.82) is 0 Å². The molecule has 8 heteroatoms. The second kappa shape index (κ2) is 8.84. The molecule has 2 aromatic heterocycles. The molecule has 4 rings (SSSR count). The average molecular weight is 433 g/mol. The molecule has 2 heterocycles. The summed E-state index contributed by atoms with van der Waals surface area (Å²) >= 11 is 0. The molecule has 0 saturated carbocycles. The number of methoxy groups -OCH3 is 1. The fourth-order valence-electron chi connectivity index (χ4n) is 3.67. The summed E-state index contributed by atoms with van der Waals surface area (Å²) in [6, 6.07) is 15.6. The highest BCUT2D eigenvalue weighted by Crippen LogP contribution is 2.32. The summed E-state index contributed by atoms with van der Waals surface area (Å²) in [5.41, 5.74) is 3.54. The molecule has 0 unspecified atom stereocenters. The van der Waals surface area contributed by atoms with E-state index in [9.17, 15) is 4.79 Å². The van der Waals surface area contributed by atoms with E-state index < -0.39 is 0 Å². The van der Waals surface area contributed by atoms with Gasteiger partial charge in [-0.15, -0.1) is 0 Å². The van der Waals surface area contributed by atoms with Crippen LogP contribution in [0, 0.1) is 0 Å². The molecule has 2 aromatic carbocycles. The number of likely N-dealkylation sites (N-methyl/N-ethyl adjacent to an activating group) is 2. The molecule has 0 atom stereocenters. The van der Waals surface area contributed by atoms with E-state index in [-0.39, 0.29) is 5.56 Å². The number of rotatable bonds is 7. The van der Waals surface area contributed by atoms with Crippen molar-refractivity contribution in [1.82, 2.24) is 24.6 Å². The van der Waals surface area contributed by atoms with E-state index in [1.807, 2.05) is 55.6 Å². The molecule has 1 N–H and O–H groups in total. The zero-order valence-electron chi connectivity index (χ0n) is 19.1. The average Bonchev–Trinajstić information content (AvgIpc) is 3.14. The Balaban J connectivity index is 1.77. The largest absolute Gasteiger partial charge is 0.496 e. The van der Waals surface area contributed by atoms with Crippen molar-refractivity contribution in [2.24, 2.45) is 7.05 Å². The third-order valence-corrected chi connectivity index (χ3v) is 5.50. The molecule has 0 bridgehead atoms. The van der Waals surface area contributed by atoms with Crippen molar-refractivity contribution in [2.45, 2.75) is 0 Å². The van der Waals surface area contributed by atoms with Crippen LogP contribution in [0.15, 0.2) is 53.3 Å². The molecular formula is C24H28N6O2. The van der Waals surface area contributed by atoms with Crippen LogP contribution in [0.25, 0.3) is 33.7 Å². The number of nitrogens with one attached hydrogen (secondary N) is 1. The fraction of sp³-hybridized carbons (Fsp3) is 0.292. The highest BCUT2D eigenvalue weighted by atomic mass is 16.5. The molecule has 0 radical (unpaired) electrons. The predicted octanol–water partition coefficient (Wildman–Crippen LogP) is 3.00. The van der Waals surface area contributed by atoms with Gasteiger partial charge in [0.2, 0.25) is 0 Å². The maximum Gasteiger partial charge on any atom is 0.262 e. The second-order valence-corrected chi connectivity index (χ2v) is 8.06. The molecule has 0 aliphatic carbocycles. The molecule has 0 amide bonds. The van der Waals surface area contributed by atoms with Crippen molar-refractivity contribution in [2.75, 3.05) is 46.2 Å². The number of benzene rings is 2. The first-order valence-corrected chi connectivity index (χ1v) is 10.5. The SMILES string of the molecule is COc1cc(N(C)CCN(C)C)ccc1-c1nc2c(c(-c3ccccc3)nn2C)c(=O)[nH]1. The Labute approximate surface area is 187 Å². The van der Waals surface area contributed by atoms with Crippen LogP contribution in [0.3, 0.4) is 0 Å². The molecule has 0 aliphatic heterocycles. The van der Waals surface area contributed by atoms with Crippen molar-refractivity contribution < 1.29 is 4.74 Å². The molecule has 0 spiro atoms. The van der Waals surface area contributed by atoms with Crippen LogP contribution < -0.4 is 15.2 Å². The summed E-state index contributed by atoms with van der Waals surface area (Å²) < 4.78 is 7.30. The second-order valence-electron chi connectivity index (χ2n) is 8.06. The minimum Gasteiger partial charge on any atom is -0.496 e. The Morgan fingerprint density at radius 1 is 1.06 bits per heavy atom. The van der Waals surface area contributed by atoms with Gasteiger partial charge >= 0.3 is 0 Å². The predicted molar refractivity (Wildman–Crippen MR) is 128 cm³/mol. The number of anilines is 1. The molecule has 166 valence electrons. The third kappa shape index (κ3) is 4.09. The van der Waals surface area contributed by atoms with Crippen LogP contribution in [0.4, 0.5) is 5.69 Å². The Hall–Kier alpha value is -3.65. The first-order valence-electron chi connectivity index (χ1n) is 10.5. The van der Waals surface area contributed by atoms with Crippen LogP contribution in [0.5, 0.6) is 5.75 Å². The van der Waals surface area contributed by atoms with Gasteiger partial charge in [0.1, 0.15) is 22.7 Å². The van der Waals surface area contributed by atoms with Crippen LogP contribution in [0.2, 0.25) is 0 Å². The van der Waals surface area contributed by atoms with E-state index in [1.54, 1.807) is 18.8 Å². The number of ether oxygens (including phenoxy) is 1. The van der Waals surface area contributed by atoms with Gasteiger partial charge in [-0.3, -0.25) is 4.79 Å². The van der Waals surface area contributed by atoms with Gasteiger partial charge in [-0.2, -0.15) is 5.10 Å². The number of hydrogen-bond acceptors (Lipinski definition) is 6. The molecule has 0 saturated heterocycles. The van der Waals surface area contributed by atoms with Gasteiger partial charge < -0.3 is 19.5 Å². The molecule has 4 aromatic rings. The molecule has 32 heavy (non-hydrogen) atoms. The lowest BCUT2D eigenvalue weighted by Gasteiger charge is -2.22. The van der Waals surface area contributed by atoms with Gasteiger partial charge in [0, 0.05) is 44.5 Å². The normalized spacial score (nSPS) is 11.3. The third-order valence-electron chi connectivity index (χ3n) is 5.50. The lowest BCUT2D eigenvalue weighted by Crippen LogP contribution is -2.28. The summed E-state index contributed by atoms with van der Waals surface area (Å²) in [5, 5.41) is 5.04. The van der Waals surface area contributed by atoms with Crippen LogP contribution in [-0.2, 0) is 7.05 Å². The van der Waals surface area contributed by atoms with Crippen molar-refractivity contribution in [3.05, 3.63) is 58.9 Å². The van der Waals surface area contributed by atoms with Crippen molar-refractivity contribution >= 4 is 16.7 Å². The fourth-order valence-corrected chi connectivity index (χ4v) is 3.67. The molecule has 0 fully saturated rings. The number of aromatic nitrogens is 4. The van der Waals surface area contributed by atoms with Crippen LogP contribution >= 0.6 is 0 Å². The monoisotopic (exact) mass is 432 g/mol. The molecule has 8 nitrogen and oxygen atoms in total. The number of fused-ring (bicyclic) bond motifs is 1. The minimum atomic E-state index is -0.230. The van der Waals surface area contributed by atoms with E-state index in [0.717, 1.165) is 29.9 Å². The van der Waals surface area contributed by atoms with Crippen LogP contribution in [0.1, 0.15) is 0 Å². The Kier molecular flexibility index (Phi) is 5.96. The highest BCUT2D eigenvalue weighted by Gasteiger charge is 2.19. The zero-order valence-corrected chi connectivity index (χ0v) is 19.1. The number of H-pyrrole nitrogens is 1. The standard InChI is InChI=1S/C24H28N6O2/c1-28(2)13-14-29(3)17-11-12-18(19(15-17)32-5)22-25-23-20(24(31)26-22)21(27-30(23)4)16-9-7-6-8-10-16/h6-12,15H,13-14H2,1-5H3,(H,25,26,31). The lowest BCUT2D eigenvalue weighted by molar-refractivity contribution is 0.413. The summed E-state index contributed by atoms with van der Waals surface area (Å²) in [6.45, 7) is 1.82. The van der Waals surface area contributed by atoms with E-state index in [2.05, 4.69) is 34.0 Å². The van der Waals surface area contributed by atoms with Gasteiger partial charge in [-0.05, 0) is 26.2 Å². The number of hydrogen-bond donors (Lipinski definition) is 1.